The fourth-order valence-electron chi connectivity index (χ4n) is 3.07. The SMILES string of the molecule is CCC/C=C1/c2ccccc2-c2cccc(CNC)c21. The first kappa shape index (κ1) is 13.1. The van der Waals surface area contributed by atoms with E-state index in [2.05, 4.69) is 60.8 Å². The number of unbranched alkanes of at least 4 members (excludes halogenated alkanes) is 1. The van der Waals surface area contributed by atoms with Crippen molar-refractivity contribution in [2.75, 3.05) is 7.05 Å². The maximum absolute atomic E-state index is 3.29. The average molecular weight is 263 g/mol. The van der Waals surface area contributed by atoms with Crippen LogP contribution in [0.1, 0.15) is 36.5 Å². The summed E-state index contributed by atoms with van der Waals surface area (Å²) >= 11 is 0. The maximum atomic E-state index is 3.29. The van der Waals surface area contributed by atoms with Crippen LogP contribution in [0.25, 0.3) is 16.7 Å². The summed E-state index contributed by atoms with van der Waals surface area (Å²) in [5, 5.41) is 3.29. The number of allylic oxidation sites excluding steroid dienone is 1. The van der Waals surface area contributed by atoms with Crippen LogP contribution in [0, 0.1) is 0 Å². The van der Waals surface area contributed by atoms with Gasteiger partial charge in [-0.2, -0.15) is 0 Å². The van der Waals surface area contributed by atoms with Crippen LogP contribution in [0.15, 0.2) is 48.5 Å². The van der Waals surface area contributed by atoms with Crippen molar-refractivity contribution >= 4 is 5.57 Å². The zero-order valence-corrected chi connectivity index (χ0v) is 12.2. The minimum Gasteiger partial charge on any atom is -0.316 e. The Bertz CT molecular complexity index is 653. The van der Waals surface area contributed by atoms with Crippen molar-refractivity contribution in [2.24, 2.45) is 0 Å². The predicted octanol–water partition coefficient (Wildman–Crippen LogP) is 4.62. The number of nitrogens with one attached hydrogen (secondary N) is 1. The van der Waals surface area contributed by atoms with Gasteiger partial charge in [-0.05, 0) is 46.9 Å². The number of rotatable bonds is 4. The minimum absolute atomic E-state index is 0.917. The lowest BCUT2D eigenvalue weighted by molar-refractivity contribution is 0.816. The lowest BCUT2D eigenvalue weighted by Gasteiger charge is -2.10. The molecule has 102 valence electrons. The molecule has 1 heteroatoms. The molecule has 1 N–H and O–H groups in total. The molecule has 0 atom stereocenters. The van der Waals surface area contributed by atoms with Crippen molar-refractivity contribution in [1.82, 2.24) is 5.32 Å². The topological polar surface area (TPSA) is 12.0 Å². The second-order valence-corrected chi connectivity index (χ2v) is 5.32. The third-order valence-electron chi connectivity index (χ3n) is 3.93. The smallest absolute Gasteiger partial charge is 0.0208 e. The maximum Gasteiger partial charge on any atom is 0.0208 e. The molecule has 0 fully saturated rings. The summed E-state index contributed by atoms with van der Waals surface area (Å²) in [5.74, 6) is 0. The summed E-state index contributed by atoms with van der Waals surface area (Å²) in [6.45, 7) is 3.15. The standard InChI is InChI=1S/C19H21N/c1-3-4-9-17-15-10-5-6-11-16(15)18-12-7-8-14(13-20-2)19(17)18/h5-12,20H,3-4,13H2,1-2H3/b17-9-. The Hall–Kier alpha value is -1.86. The first-order valence-electron chi connectivity index (χ1n) is 7.43. The second kappa shape index (κ2) is 5.64. The van der Waals surface area contributed by atoms with E-state index in [1.54, 1.807) is 0 Å². The van der Waals surface area contributed by atoms with Gasteiger partial charge in [0, 0.05) is 6.54 Å². The molecule has 0 saturated heterocycles. The summed E-state index contributed by atoms with van der Waals surface area (Å²) in [6.07, 6.45) is 4.73. The molecule has 3 rings (SSSR count). The van der Waals surface area contributed by atoms with Crippen molar-refractivity contribution in [2.45, 2.75) is 26.3 Å². The number of hydrogen-bond donors (Lipinski definition) is 1. The molecular formula is C19H21N. The van der Waals surface area contributed by atoms with E-state index in [0.29, 0.717) is 0 Å². The molecule has 0 unspecified atom stereocenters. The van der Waals surface area contributed by atoms with E-state index in [9.17, 15) is 0 Å². The number of fused-ring (bicyclic) bond motifs is 3. The third-order valence-corrected chi connectivity index (χ3v) is 3.93. The summed E-state index contributed by atoms with van der Waals surface area (Å²) < 4.78 is 0. The first-order chi connectivity index (χ1) is 9.86. The highest BCUT2D eigenvalue weighted by Gasteiger charge is 2.24. The van der Waals surface area contributed by atoms with Gasteiger partial charge in [0.15, 0.2) is 0 Å². The Morgan fingerprint density at radius 2 is 1.70 bits per heavy atom. The molecule has 0 bridgehead atoms. The van der Waals surface area contributed by atoms with E-state index in [4.69, 9.17) is 0 Å². The molecule has 0 amide bonds. The molecule has 2 aromatic carbocycles. The zero-order valence-electron chi connectivity index (χ0n) is 12.2. The zero-order chi connectivity index (χ0) is 13.9. The highest BCUT2D eigenvalue weighted by Crippen LogP contribution is 2.45. The molecule has 0 spiro atoms. The Morgan fingerprint density at radius 3 is 2.45 bits per heavy atom. The van der Waals surface area contributed by atoms with Gasteiger partial charge in [-0.25, -0.2) is 0 Å². The van der Waals surface area contributed by atoms with Crippen LogP contribution in [0.2, 0.25) is 0 Å². The van der Waals surface area contributed by atoms with E-state index in [1.165, 1.54) is 39.8 Å². The Balaban J connectivity index is 2.23. The van der Waals surface area contributed by atoms with Gasteiger partial charge in [0.05, 0.1) is 0 Å². The van der Waals surface area contributed by atoms with Crippen LogP contribution in [0.5, 0.6) is 0 Å². The summed E-state index contributed by atoms with van der Waals surface area (Å²) in [6, 6.07) is 15.4. The highest BCUT2D eigenvalue weighted by molar-refractivity contribution is 6.02. The van der Waals surface area contributed by atoms with Crippen molar-refractivity contribution in [3.63, 3.8) is 0 Å². The van der Waals surface area contributed by atoms with Gasteiger partial charge in [-0.1, -0.05) is 61.9 Å². The fraction of sp³-hybridized carbons (Fsp3) is 0.263. The summed E-state index contributed by atoms with van der Waals surface area (Å²) in [7, 11) is 2.01. The van der Waals surface area contributed by atoms with Gasteiger partial charge in [0.25, 0.3) is 0 Å². The minimum atomic E-state index is 0.917. The second-order valence-electron chi connectivity index (χ2n) is 5.32. The van der Waals surface area contributed by atoms with Gasteiger partial charge in [-0.15, -0.1) is 0 Å². The van der Waals surface area contributed by atoms with Crippen molar-refractivity contribution < 1.29 is 0 Å². The molecule has 2 aromatic rings. The molecule has 0 saturated carbocycles. The van der Waals surface area contributed by atoms with Gasteiger partial charge >= 0.3 is 0 Å². The lowest BCUT2D eigenvalue weighted by atomic mass is 9.97. The van der Waals surface area contributed by atoms with E-state index in [0.717, 1.165) is 13.0 Å². The van der Waals surface area contributed by atoms with Crippen molar-refractivity contribution in [3.8, 4) is 11.1 Å². The van der Waals surface area contributed by atoms with Gasteiger partial charge in [0.1, 0.15) is 0 Å². The van der Waals surface area contributed by atoms with Crippen LogP contribution >= 0.6 is 0 Å². The third kappa shape index (κ3) is 2.08. The predicted molar refractivity (Wildman–Crippen MR) is 86.6 cm³/mol. The average Bonchev–Trinajstić information content (AvgIpc) is 2.81. The molecule has 1 aliphatic rings. The number of hydrogen-bond acceptors (Lipinski definition) is 1. The molecular weight excluding hydrogens is 242 g/mol. The fourth-order valence-corrected chi connectivity index (χ4v) is 3.07. The first-order valence-corrected chi connectivity index (χ1v) is 7.43. The van der Waals surface area contributed by atoms with Crippen molar-refractivity contribution in [3.05, 3.63) is 65.2 Å². The van der Waals surface area contributed by atoms with Crippen LogP contribution < -0.4 is 5.32 Å². The largest absolute Gasteiger partial charge is 0.316 e. The van der Waals surface area contributed by atoms with Crippen LogP contribution in [-0.2, 0) is 6.54 Å². The highest BCUT2D eigenvalue weighted by atomic mass is 14.8. The molecule has 0 aliphatic heterocycles. The molecule has 20 heavy (non-hydrogen) atoms. The Kier molecular flexibility index (Phi) is 3.70. The van der Waals surface area contributed by atoms with Crippen LogP contribution in [0.4, 0.5) is 0 Å². The summed E-state index contributed by atoms with van der Waals surface area (Å²) in [4.78, 5) is 0. The molecule has 0 aromatic heterocycles. The lowest BCUT2D eigenvalue weighted by Crippen LogP contribution is -2.07. The number of benzene rings is 2. The van der Waals surface area contributed by atoms with E-state index >= 15 is 0 Å². The van der Waals surface area contributed by atoms with E-state index in [-0.39, 0.29) is 0 Å². The van der Waals surface area contributed by atoms with Gasteiger partial charge in [-0.3, -0.25) is 0 Å². The molecule has 0 heterocycles. The van der Waals surface area contributed by atoms with Gasteiger partial charge in [0.2, 0.25) is 0 Å². The summed E-state index contributed by atoms with van der Waals surface area (Å²) in [5.41, 5.74) is 8.39. The molecule has 1 aliphatic carbocycles. The quantitative estimate of drug-likeness (QED) is 0.724. The Labute approximate surface area is 121 Å². The van der Waals surface area contributed by atoms with Crippen molar-refractivity contribution in [1.29, 1.82) is 0 Å². The Morgan fingerprint density at radius 1 is 0.950 bits per heavy atom. The molecule has 0 radical (unpaired) electrons. The normalized spacial score (nSPS) is 14.4. The van der Waals surface area contributed by atoms with Gasteiger partial charge < -0.3 is 5.32 Å². The monoisotopic (exact) mass is 263 g/mol. The van der Waals surface area contributed by atoms with E-state index in [1.807, 2.05) is 7.05 Å². The van der Waals surface area contributed by atoms with E-state index < -0.39 is 0 Å². The van der Waals surface area contributed by atoms with Crippen LogP contribution in [0.3, 0.4) is 0 Å². The van der Waals surface area contributed by atoms with Crippen LogP contribution in [-0.4, -0.2) is 7.05 Å². The molecule has 1 nitrogen and oxygen atoms in total.